The van der Waals surface area contributed by atoms with Gasteiger partial charge in [-0.15, -0.1) is 0 Å². The molecule has 0 aliphatic heterocycles. The normalized spacial score (nSPS) is 12.9. The average molecular weight is 411 g/mol. The lowest BCUT2D eigenvalue weighted by atomic mass is 10.0. The van der Waals surface area contributed by atoms with Gasteiger partial charge in [0, 0.05) is 5.02 Å². The Balaban J connectivity index is 1.95. The summed E-state index contributed by atoms with van der Waals surface area (Å²) >= 11 is 12.1. The third kappa shape index (κ3) is 4.27. The zero-order valence-electron chi connectivity index (χ0n) is 13.8. The molecule has 0 fully saturated rings. The zero-order valence-corrected chi connectivity index (χ0v) is 16.1. The molecule has 0 bridgehead atoms. The van der Waals surface area contributed by atoms with Crippen LogP contribution in [0.3, 0.4) is 0 Å². The highest BCUT2D eigenvalue weighted by Gasteiger charge is 2.27. The van der Waals surface area contributed by atoms with Gasteiger partial charge < -0.3 is 4.52 Å². The smallest absolute Gasteiger partial charge is 0.241 e. The van der Waals surface area contributed by atoms with Crippen LogP contribution in [-0.2, 0) is 16.4 Å². The van der Waals surface area contributed by atoms with Gasteiger partial charge in [-0.05, 0) is 43.2 Å². The highest BCUT2D eigenvalue weighted by molar-refractivity contribution is 7.89. The van der Waals surface area contributed by atoms with Crippen molar-refractivity contribution in [3.8, 4) is 0 Å². The quantitative estimate of drug-likeness (QED) is 0.646. The van der Waals surface area contributed by atoms with Crippen LogP contribution in [0.2, 0.25) is 10.0 Å². The van der Waals surface area contributed by atoms with Gasteiger partial charge in [-0.1, -0.05) is 58.7 Å². The van der Waals surface area contributed by atoms with Crippen LogP contribution < -0.4 is 4.72 Å². The van der Waals surface area contributed by atoms with Gasteiger partial charge in [-0.3, -0.25) is 0 Å². The summed E-state index contributed by atoms with van der Waals surface area (Å²) in [5, 5.41) is 4.72. The molecular formula is C18H16Cl2N2O3S. The number of sulfonamides is 1. The lowest BCUT2D eigenvalue weighted by molar-refractivity contribution is 0.382. The molecule has 1 aromatic heterocycles. The number of aromatic nitrogens is 1. The van der Waals surface area contributed by atoms with Gasteiger partial charge in [0.1, 0.15) is 10.7 Å². The molecule has 0 saturated carbocycles. The second kappa shape index (κ2) is 7.80. The molecule has 0 amide bonds. The summed E-state index contributed by atoms with van der Waals surface area (Å²) in [6.07, 6.45) is 0.374. The van der Waals surface area contributed by atoms with Crippen LogP contribution in [-0.4, -0.2) is 13.6 Å². The van der Waals surface area contributed by atoms with Crippen LogP contribution in [0.25, 0.3) is 0 Å². The van der Waals surface area contributed by atoms with E-state index < -0.39 is 16.1 Å². The van der Waals surface area contributed by atoms with Crippen molar-refractivity contribution in [3.05, 3.63) is 81.7 Å². The van der Waals surface area contributed by atoms with Gasteiger partial charge in [0.2, 0.25) is 10.0 Å². The minimum Gasteiger partial charge on any atom is -0.360 e. The fourth-order valence-corrected chi connectivity index (χ4v) is 4.03. The van der Waals surface area contributed by atoms with Crippen LogP contribution in [0, 0.1) is 6.92 Å². The molecule has 3 aromatic rings. The molecule has 26 heavy (non-hydrogen) atoms. The maximum Gasteiger partial charge on any atom is 0.241 e. The molecule has 0 saturated heterocycles. The van der Waals surface area contributed by atoms with Crippen molar-refractivity contribution >= 4 is 33.2 Å². The molecule has 1 heterocycles. The summed E-state index contributed by atoms with van der Waals surface area (Å²) in [5.41, 5.74) is 1.29. The fourth-order valence-electron chi connectivity index (χ4n) is 2.51. The van der Waals surface area contributed by atoms with Gasteiger partial charge in [0.15, 0.2) is 5.76 Å². The van der Waals surface area contributed by atoms with Crippen LogP contribution in [0.4, 0.5) is 0 Å². The van der Waals surface area contributed by atoms with Gasteiger partial charge in [0.05, 0.1) is 10.9 Å². The lowest BCUT2D eigenvalue weighted by Gasteiger charge is -2.17. The van der Waals surface area contributed by atoms with Crippen molar-refractivity contribution in [2.75, 3.05) is 0 Å². The SMILES string of the molecule is Cc1onc([C@@H](Cc2ccccc2)NS(=O)(=O)c2ccc(Cl)cc2)c1Cl. The van der Waals surface area contributed by atoms with Crippen molar-refractivity contribution in [2.45, 2.75) is 24.3 Å². The Labute approximate surface area is 162 Å². The molecular weight excluding hydrogens is 395 g/mol. The summed E-state index contributed by atoms with van der Waals surface area (Å²) in [6, 6.07) is 14.7. The van der Waals surface area contributed by atoms with E-state index in [-0.39, 0.29) is 4.90 Å². The first-order chi connectivity index (χ1) is 12.4. The van der Waals surface area contributed by atoms with Gasteiger partial charge in [-0.25, -0.2) is 13.1 Å². The van der Waals surface area contributed by atoms with Crippen LogP contribution in [0.5, 0.6) is 0 Å². The topological polar surface area (TPSA) is 72.2 Å². The summed E-state index contributed by atoms with van der Waals surface area (Å²) in [6.45, 7) is 1.67. The molecule has 5 nitrogen and oxygen atoms in total. The Hall–Kier alpha value is -1.86. The van der Waals surface area contributed by atoms with Crippen LogP contribution >= 0.6 is 23.2 Å². The molecule has 0 unspecified atom stereocenters. The Morgan fingerprint density at radius 1 is 1.08 bits per heavy atom. The van der Waals surface area contributed by atoms with Crippen molar-refractivity contribution in [1.29, 1.82) is 0 Å². The van der Waals surface area contributed by atoms with E-state index in [1.807, 2.05) is 30.3 Å². The molecule has 1 N–H and O–H groups in total. The molecule has 0 radical (unpaired) electrons. The minimum atomic E-state index is -3.80. The van der Waals surface area contributed by atoms with E-state index in [9.17, 15) is 8.42 Å². The highest BCUT2D eigenvalue weighted by Crippen LogP contribution is 2.29. The highest BCUT2D eigenvalue weighted by atomic mass is 35.5. The fraction of sp³-hybridized carbons (Fsp3) is 0.167. The van der Waals surface area contributed by atoms with E-state index in [0.717, 1.165) is 5.56 Å². The molecule has 0 aliphatic carbocycles. The van der Waals surface area contributed by atoms with E-state index in [4.69, 9.17) is 27.7 Å². The predicted octanol–water partition coefficient (Wildman–Crippen LogP) is 4.55. The Morgan fingerprint density at radius 3 is 2.31 bits per heavy atom. The maximum atomic E-state index is 12.8. The molecule has 0 spiro atoms. The van der Waals surface area contributed by atoms with Gasteiger partial charge >= 0.3 is 0 Å². The van der Waals surface area contributed by atoms with Crippen molar-refractivity contribution in [1.82, 2.24) is 9.88 Å². The number of benzene rings is 2. The van der Waals surface area contributed by atoms with Crippen molar-refractivity contribution < 1.29 is 12.9 Å². The molecule has 0 aliphatic rings. The summed E-state index contributed by atoms with van der Waals surface area (Å²) in [5.74, 6) is 0.436. The molecule has 8 heteroatoms. The molecule has 136 valence electrons. The second-order valence-electron chi connectivity index (χ2n) is 5.76. The summed E-state index contributed by atoms with van der Waals surface area (Å²) < 4.78 is 33.3. The minimum absolute atomic E-state index is 0.108. The summed E-state index contributed by atoms with van der Waals surface area (Å²) in [7, 11) is -3.80. The number of nitrogens with one attached hydrogen (secondary N) is 1. The van der Waals surface area contributed by atoms with E-state index >= 15 is 0 Å². The number of halogens is 2. The van der Waals surface area contributed by atoms with E-state index in [1.54, 1.807) is 6.92 Å². The molecule has 2 aromatic carbocycles. The molecule has 3 rings (SSSR count). The first kappa shape index (κ1) is 18.9. The largest absolute Gasteiger partial charge is 0.360 e. The number of aryl methyl sites for hydroxylation is 1. The van der Waals surface area contributed by atoms with Crippen LogP contribution in [0.15, 0.2) is 64.0 Å². The predicted molar refractivity (Wildman–Crippen MR) is 101 cm³/mol. The third-order valence-corrected chi connectivity index (χ3v) is 6.05. The number of rotatable bonds is 6. The van der Waals surface area contributed by atoms with E-state index in [0.29, 0.717) is 27.9 Å². The second-order valence-corrected chi connectivity index (χ2v) is 8.28. The van der Waals surface area contributed by atoms with Crippen LogP contribution in [0.1, 0.15) is 23.1 Å². The maximum absolute atomic E-state index is 12.8. The number of nitrogens with zero attached hydrogens (tertiary/aromatic N) is 1. The average Bonchev–Trinajstić information content (AvgIpc) is 2.95. The van der Waals surface area contributed by atoms with Crippen molar-refractivity contribution in [2.24, 2.45) is 0 Å². The van der Waals surface area contributed by atoms with Crippen molar-refractivity contribution in [3.63, 3.8) is 0 Å². The monoisotopic (exact) mass is 410 g/mol. The first-order valence-electron chi connectivity index (χ1n) is 7.80. The number of hydrogen-bond acceptors (Lipinski definition) is 4. The van der Waals surface area contributed by atoms with Gasteiger partial charge in [-0.2, -0.15) is 0 Å². The standard InChI is InChI=1S/C18H16Cl2N2O3S/c1-12-17(20)18(21-25-12)16(11-13-5-3-2-4-6-13)22-26(23,24)15-9-7-14(19)8-10-15/h2-10,16,22H,11H2,1H3/t16-/m1/s1. The number of hydrogen-bond donors (Lipinski definition) is 1. The van der Waals surface area contributed by atoms with Gasteiger partial charge in [0.25, 0.3) is 0 Å². The Morgan fingerprint density at radius 2 is 1.73 bits per heavy atom. The summed E-state index contributed by atoms with van der Waals surface area (Å²) in [4.78, 5) is 0.108. The third-order valence-electron chi connectivity index (χ3n) is 3.85. The lowest BCUT2D eigenvalue weighted by Crippen LogP contribution is -2.30. The zero-order chi connectivity index (χ0) is 18.7. The molecule has 1 atom stereocenters. The van der Waals surface area contributed by atoms with E-state index in [1.165, 1.54) is 24.3 Å². The Bertz CT molecular complexity index is 987. The Kier molecular flexibility index (Phi) is 5.67. The first-order valence-corrected chi connectivity index (χ1v) is 10.0. The van der Waals surface area contributed by atoms with E-state index in [2.05, 4.69) is 9.88 Å².